The van der Waals surface area contributed by atoms with Crippen molar-refractivity contribution in [1.82, 2.24) is 9.97 Å². The molecule has 2 aromatic carbocycles. The number of hydrogen-bond donors (Lipinski definition) is 0. The van der Waals surface area contributed by atoms with Gasteiger partial charge in [-0.05, 0) is 43.3 Å². The van der Waals surface area contributed by atoms with E-state index in [2.05, 4.69) is 9.97 Å². The number of fused-ring (bicyclic) bond motifs is 1. The molecule has 128 valence electrons. The second kappa shape index (κ2) is 6.21. The summed E-state index contributed by atoms with van der Waals surface area (Å²) < 4.78 is 43.1. The minimum Gasteiger partial charge on any atom is -0.435 e. The summed E-state index contributed by atoms with van der Waals surface area (Å²) in [5, 5.41) is 0.334. The molecule has 0 spiro atoms. The number of sulfone groups is 1. The molecule has 0 saturated heterocycles. The highest BCUT2D eigenvalue weighted by Gasteiger charge is 2.14. The van der Waals surface area contributed by atoms with E-state index in [1.54, 1.807) is 0 Å². The smallest absolute Gasteiger partial charge is 0.230 e. The zero-order valence-corrected chi connectivity index (χ0v) is 14.2. The summed E-state index contributed by atoms with van der Waals surface area (Å²) in [6, 6.07) is 8.16. The Bertz CT molecular complexity index is 1100. The molecule has 0 amide bonds. The van der Waals surface area contributed by atoms with Crippen LogP contribution in [0, 0.1) is 5.82 Å². The molecule has 0 atom stereocenters. The van der Waals surface area contributed by atoms with Gasteiger partial charge in [0.25, 0.3) is 0 Å². The summed E-state index contributed by atoms with van der Waals surface area (Å²) in [5.74, 6) is -1.10. The minimum absolute atomic E-state index is 0.0185. The summed E-state index contributed by atoms with van der Waals surface area (Å²) in [6.07, 6.45) is 2.32. The van der Waals surface area contributed by atoms with E-state index in [4.69, 9.17) is 4.74 Å². The molecule has 0 aliphatic carbocycles. The van der Waals surface area contributed by atoms with Gasteiger partial charge in [0.05, 0.1) is 15.8 Å². The Labute approximate surface area is 143 Å². The first-order chi connectivity index (χ1) is 11.8. The van der Waals surface area contributed by atoms with Crippen LogP contribution in [0.1, 0.15) is 17.3 Å². The molecule has 1 heterocycles. The van der Waals surface area contributed by atoms with Gasteiger partial charge in [0, 0.05) is 11.8 Å². The van der Waals surface area contributed by atoms with Gasteiger partial charge in [-0.3, -0.25) is 4.79 Å². The van der Waals surface area contributed by atoms with Gasteiger partial charge < -0.3 is 4.74 Å². The van der Waals surface area contributed by atoms with Gasteiger partial charge >= 0.3 is 0 Å². The van der Waals surface area contributed by atoms with E-state index in [0.29, 0.717) is 10.9 Å². The molecule has 8 heteroatoms. The number of rotatable bonds is 4. The third-order valence-corrected chi connectivity index (χ3v) is 4.65. The largest absolute Gasteiger partial charge is 0.435 e. The average Bonchev–Trinajstić information content (AvgIpc) is 2.55. The minimum atomic E-state index is -3.43. The van der Waals surface area contributed by atoms with E-state index in [9.17, 15) is 17.6 Å². The van der Waals surface area contributed by atoms with Crippen molar-refractivity contribution < 1.29 is 22.3 Å². The Hall–Kier alpha value is -2.87. The molecule has 0 radical (unpaired) electrons. The molecular weight excluding hydrogens is 347 g/mol. The van der Waals surface area contributed by atoms with Gasteiger partial charge in [-0.2, -0.15) is 0 Å². The Morgan fingerprint density at radius 1 is 1.12 bits per heavy atom. The highest BCUT2D eigenvalue weighted by Crippen LogP contribution is 2.30. The Kier molecular flexibility index (Phi) is 4.22. The molecule has 6 nitrogen and oxygen atoms in total. The summed E-state index contributed by atoms with van der Waals surface area (Å²) in [7, 11) is -3.43. The molecular formula is C17H13FN2O4S. The van der Waals surface area contributed by atoms with Gasteiger partial charge in [-0.15, -0.1) is 0 Å². The number of hydrogen-bond acceptors (Lipinski definition) is 6. The van der Waals surface area contributed by atoms with E-state index in [-0.39, 0.29) is 27.9 Å². The molecule has 1 aromatic heterocycles. The van der Waals surface area contributed by atoms with Crippen LogP contribution >= 0.6 is 0 Å². The number of ketones is 1. The summed E-state index contributed by atoms with van der Waals surface area (Å²) >= 11 is 0. The van der Waals surface area contributed by atoms with Gasteiger partial charge in [0.15, 0.2) is 27.2 Å². The first kappa shape index (κ1) is 17.0. The van der Waals surface area contributed by atoms with Crippen LogP contribution in [0.4, 0.5) is 4.39 Å². The van der Waals surface area contributed by atoms with Crippen molar-refractivity contribution >= 4 is 26.5 Å². The normalized spacial score (nSPS) is 11.5. The van der Waals surface area contributed by atoms with Crippen LogP contribution in [-0.4, -0.2) is 30.4 Å². The van der Waals surface area contributed by atoms with Crippen molar-refractivity contribution in [1.29, 1.82) is 0 Å². The van der Waals surface area contributed by atoms with E-state index in [0.717, 1.165) is 12.3 Å². The lowest BCUT2D eigenvalue weighted by Gasteiger charge is -2.09. The standard InChI is InChI=1S/C17H13FN2O4S/c1-10(21)11-3-6-16(14(18)7-11)24-17-13-8-12(25(2,22)23)4-5-15(13)19-9-20-17/h3-9H,1-2H3. The first-order valence-electron chi connectivity index (χ1n) is 7.19. The lowest BCUT2D eigenvalue weighted by Crippen LogP contribution is -1.99. The topological polar surface area (TPSA) is 86.2 Å². The van der Waals surface area contributed by atoms with E-state index in [1.807, 2.05) is 0 Å². The average molecular weight is 360 g/mol. The van der Waals surface area contributed by atoms with Gasteiger partial charge in [0.1, 0.15) is 6.33 Å². The number of Topliss-reactive ketones (excluding diaryl/α,β-unsaturated/α-hetero) is 1. The summed E-state index contributed by atoms with van der Waals surface area (Å²) in [5.41, 5.74) is 0.676. The monoisotopic (exact) mass is 360 g/mol. The number of nitrogens with zero attached hydrogens (tertiary/aromatic N) is 2. The predicted octanol–water partition coefficient (Wildman–Crippen LogP) is 3.17. The fourth-order valence-corrected chi connectivity index (χ4v) is 2.88. The highest BCUT2D eigenvalue weighted by molar-refractivity contribution is 7.90. The Morgan fingerprint density at radius 3 is 2.52 bits per heavy atom. The maximum atomic E-state index is 14.1. The Balaban J connectivity index is 2.08. The molecule has 0 bridgehead atoms. The Morgan fingerprint density at radius 2 is 1.88 bits per heavy atom. The molecule has 0 N–H and O–H groups in total. The number of carbonyl (C=O) groups is 1. The summed E-state index contributed by atoms with van der Waals surface area (Å²) in [4.78, 5) is 19.4. The molecule has 0 aliphatic heterocycles. The molecule has 0 unspecified atom stereocenters. The molecule has 3 aromatic rings. The van der Waals surface area contributed by atoms with Crippen LogP contribution in [0.2, 0.25) is 0 Å². The zero-order chi connectivity index (χ0) is 18.2. The van der Waals surface area contributed by atoms with E-state index >= 15 is 0 Å². The molecule has 0 saturated carbocycles. The van der Waals surface area contributed by atoms with Crippen LogP contribution in [-0.2, 0) is 9.84 Å². The number of aromatic nitrogens is 2. The van der Waals surface area contributed by atoms with Crippen molar-refractivity contribution in [2.75, 3.05) is 6.26 Å². The molecule has 3 rings (SSSR count). The van der Waals surface area contributed by atoms with Crippen LogP contribution in [0.5, 0.6) is 11.6 Å². The maximum Gasteiger partial charge on any atom is 0.230 e. The second-order valence-corrected chi connectivity index (χ2v) is 7.45. The van der Waals surface area contributed by atoms with Gasteiger partial charge in [0.2, 0.25) is 5.88 Å². The SMILES string of the molecule is CC(=O)c1ccc(Oc2ncnc3ccc(S(C)(=O)=O)cc23)c(F)c1. The quantitative estimate of drug-likeness (QED) is 0.664. The predicted molar refractivity (Wildman–Crippen MR) is 89.1 cm³/mol. The molecule has 0 aliphatic rings. The number of halogens is 1. The first-order valence-corrected chi connectivity index (χ1v) is 9.08. The molecule has 0 fully saturated rings. The van der Waals surface area contributed by atoms with E-state index < -0.39 is 15.7 Å². The van der Waals surface area contributed by atoms with Crippen molar-refractivity contribution in [2.45, 2.75) is 11.8 Å². The van der Waals surface area contributed by atoms with Crippen molar-refractivity contribution in [3.05, 3.63) is 54.1 Å². The second-order valence-electron chi connectivity index (χ2n) is 5.43. The van der Waals surface area contributed by atoms with Crippen LogP contribution in [0.3, 0.4) is 0 Å². The highest BCUT2D eigenvalue weighted by atomic mass is 32.2. The third kappa shape index (κ3) is 3.48. The number of benzene rings is 2. The van der Waals surface area contributed by atoms with Crippen molar-refractivity contribution in [3.8, 4) is 11.6 Å². The van der Waals surface area contributed by atoms with Crippen LogP contribution in [0.25, 0.3) is 10.9 Å². The maximum absolute atomic E-state index is 14.1. The molecule has 25 heavy (non-hydrogen) atoms. The van der Waals surface area contributed by atoms with Crippen molar-refractivity contribution in [3.63, 3.8) is 0 Å². The third-order valence-electron chi connectivity index (χ3n) is 3.54. The number of carbonyl (C=O) groups excluding carboxylic acids is 1. The lowest BCUT2D eigenvalue weighted by atomic mass is 10.1. The summed E-state index contributed by atoms with van der Waals surface area (Å²) in [6.45, 7) is 1.33. The fraction of sp³-hybridized carbons (Fsp3) is 0.118. The number of ether oxygens (including phenoxy) is 1. The van der Waals surface area contributed by atoms with Crippen LogP contribution in [0.15, 0.2) is 47.6 Å². The van der Waals surface area contributed by atoms with E-state index in [1.165, 1.54) is 43.6 Å². The van der Waals surface area contributed by atoms with Crippen LogP contribution < -0.4 is 4.74 Å². The van der Waals surface area contributed by atoms with Gasteiger partial charge in [-0.1, -0.05) is 0 Å². The van der Waals surface area contributed by atoms with Crippen molar-refractivity contribution in [2.24, 2.45) is 0 Å². The van der Waals surface area contributed by atoms with Gasteiger partial charge in [-0.25, -0.2) is 22.8 Å². The zero-order valence-electron chi connectivity index (χ0n) is 13.4. The lowest BCUT2D eigenvalue weighted by molar-refractivity contribution is 0.101. The fourth-order valence-electron chi connectivity index (χ4n) is 2.23.